The maximum atomic E-state index is 13.3. The molecule has 0 spiro atoms. The van der Waals surface area contributed by atoms with Crippen LogP contribution < -0.4 is 5.32 Å². The summed E-state index contributed by atoms with van der Waals surface area (Å²) in [6.07, 6.45) is 0. The molecule has 0 aliphatic carbocycles. The molecule has 0 atom stereocenters. The van der Waals surface area contributed by atoms with E-state index >= 15 is 0 Å². The highest BCUT2D eigenvalue weighted by atomic mass is 35.5. The molecule has 0 fully saturated rings. The van der Waals surface area contributed by atoms with Crippen molar-refractivity contribution < 1.29 is 19.1 Å². The zero-order valence-electron chi connectivity index (χ0n) is 9.28. The minimum absolute atomic E-state index is 0.0264. The summed E-state index contributed by atoms with van der Waals surface area (Å²) in [5, 5.41) is 11.2. The first-order valence-electron chi connectivity index (χ1n) is 5.03. The Morgan fingerprint density at radius 2 is 2.17 bits per heavy atom. The van der Waals surface area contributed by atoms with E-state index in [2.05, 4.69) is 5.32 Å². The number of aliphatic carboxylic acids is 1. The van der Waals surface area contributed by atoms with Crippen LogP contribution in [0.5, 0.6) is 0 Å². The fourth-order valence-corrected chi connectivity index (χ4v) is 1.90. The molecule has 0 saturated heterocycles. The minimum atomic E-state index is -0.910. The van der Waals surface area contributed by atoms with E-state index in [1.54, 1.807) is 0 Å². The molecule has 7 heteroatoms. The molecule has 0 aliphatic heterocycles. The molecule has 1 rings (SSSR count). The second kappa shape index (κ2) is 7.23. The Balaban J connectivity index is 2.41. The fraction of sp³-hybridized carbons (Fsp3) is 0.273. The molecule has 4 nitrogen and oxygen atoms in total. The van der Waals surface area contributed by atoms with Crippen molar-refractivity contribution in [3.8, 4) is 0 Å². The molecule has 0 saturated carbocycles. The number of carbonyl (C=O) groups is 2. The Morgan fingerprint density at radius 3 is 2.83 bits per heavy atom. The Kier molecular flexibility index (Phi) is 5.94. The summed E-state index contributed by atoms with van der Waals surface area (Å²) in [5.41, 5.74) is -0.120. The van der Waals surface area contributed by atoms with Gasteiger partial charge < -0.3 is 10.4 Å². The lowest BCUT2D eigenvalue weighted by Crippen LogP contribution is -2.26. The molecule has 0 unspecified atom stereocenters. The number of carboxylic acids is 1. The van der Waals surface area contributed by atoms with E-state index in [1.165, 1.54) is 23.9 Å². The molecular formula is C11H11ClFNO3S. The molecule has 0 bridgehead atoms. The summed E-state index contributed by atoms with van der Waals surface area (Å²) in [5.74, 6) is -1.70. The zero-order valence-corrected chi connectivity index (χ0v) is 10.9. The van der Waals surface area contributed by atoms with Gasteiger partial charge in [-0.15, -0.1) is 11.8 Å². The number of carboxylic acid groups (broad SMARTS) is 1. The van der Waals surface area contributed by atoms with Gasteiger partial charge in [0.15, 0.2) is 0 Å². The molecule has 98 valence electrons. The topological polar surface area (TPSA) is 66.4 Å². The molecule has 0 heterocycles. The summed E-state index contributed by atoms with van der Waals surface area (Å²) in [4.78, 5) is 21.8. The van der Waals surface area contributed by atoms with E-state index < -0.39 is 17.7 Å². The van der Waals surface area contributed by atoms with Gasteiger partial charge in [-0.3, -0.25) is 9.59 Å². The predicted octanol–water partition coefficient (Wildman–Crippen LogP) is 2.03. The van der Waals surface area contributed by atoms with Gasteiger partial charge in [0.05, 0.1) is 11.3 Å². The smallest absolute Gasteiger partial charge is 0.313 e. The number of rotatable bonds is 6. The highest BCUT2D eigenvalue weighted by Gasteiger charge is 2.11. The van der Waals surface area contributed by atoms with Crippen molar-refractivity contribution in [1.29, 1.82) is 0 Å². The van der Waals surface area contributed by atoms with Gasteiger partial charge in [-0.05, 0) is 18.2 Å². The largest absolute Gasteiger partial charge is 0.481 e. The van der Waals surface area contributed by atoms with Gasteiger partial charge in [0.2, 0.25) is 0 Å². The summed E-state index contributed by atoms with van der Waals surface area (Å²) in [6.45, 7) is 0.267. The van der Waals surface area contributed by atoms with Crippen molar-refractivity contribution >= 4 is 35.2 Å². The number of nitrogens with one attached hydrogen (secondary N) is 1. The van der Waals surface area contributed by atoms with E-state index in [-0.39, 0.29) is 22.9 Å². The normalized spacial score (nSPS) is 10.1. The van der Waals surface area contributed by atoms with Gasteiger partial charge in [0.1, 0.15) is 5.82 Å². The van der Waals surface area contributed by atoms with Crippen molar-refractivity contribution in [2.24, 2.45) is 0 Å². The monoisotopic (exact) mass is 291 g/mol. The molecule has 1 aromatic carbocycles. The van der Waals surface area contributed by atoms with Crippen LogP contribution in [0.2, 0.25) is 5.02 Å². The fourth-order valence-electron chi connectivity index (χ4n) is 1.16. The Hall–Kier alpha value is -1.27. The number of amides is 1. The first kappa shape index (κ1) is 14.8. The number of thioether (sulfide) groups is 1. The minimum Gasteiger partial charge on any atom is -0.481 e. The van der Waals surface area contributed by atoms with E-state index in [1.807, 2.05) is 0 Å². The Labute approximate surface area is 113 Å². The van der Waals surface area contributed by atoms with Crippen molar-refractivity contribution in [3.05, 3.63) is 34.6 Å². The molecule has 18 heavy (non-hydrogen) atoms. The Morgan fingerprint density at radius 1 is 1.44 bits per heavy atom. The van der Waals surface area contributed by atoms with Gasteiger partial charge >= 0.3 is 5.97 Å². The summed E-state index contributed by atoms with van der Waals surface area (Å²) in [7, 11) is 0. The average Bonchev–Trinajstić information content (AvgIpc) is 2.31. The lowest BCUT2D eigenvalue weighted by molar-refractivity contribution is -0.133. The molecule has 1 aromatic rings. The predicted molar refractivity (Wildman–Crippen MR) is 68.7 cm³/mol. The average molecular weight is 292 g/mol. The summed E-state index contributed by atoms with van der Waals surface area (Å²) >= 11 is 6.84. The van der Waals surface area contributed by atoms with Gasteiger partial charge in [-0.1, -0.05) is 11.6 Å². The van der Waals surface area contributed by atoms with Crippen LogP contribution in [0.4, 0.5) is 4.39 Å². The van der Waals surface area contributed by atoms with Crippen molar-refractivity contribution in [3.63, 3.8) is 0 Å². The maximum absolute atomic E-state index is 13.3. The second-order valence-electron chi connectivity index (χ2n) is 3.33. The van der Waals surface area contributed by atoms with Gasteiger partial charge in [0.25, 0.3) is 5.91 Å². The van der Waals surface area contributed by atoms with Gasteiger partial charge in [-0.25, -0.2) is 4.39 Å². The Bertz CT molecular complexity index is 456. The van der Waals surface area contributed by atoms with E-state index in [9.17, 15) is 14.0 Å². The summed E-state index contributed by atoms with van der Waals surface area (Å²) < 4.78 is 13.3. The van der Waals surface area contributed by atoms with Crippen molar-refractivity contribution in [1.82, 2.24) is 5.32 Å². The van der Waals surface area contributed by atoms with Crippen LogP contribution in [0.3, 0.4) is 0 Å². The highest BCUT2D eigenvalue weighted by molar-refractivity contribution is 7.99. The molecule has 0 radical (unpaired) electrons. The SMILES string of the molecule is O=C(O)CSCCNC(=O)c1cc(Cl)ccc1F. The number of halogens is 2. The first-order valence-corrected chi connectivity index (χ1v) is 6.56. The molecule has 2 N–H and O–H groups in total. The van der Waals surface area contributed by atoms with E-state index in [4.69, 9.17) is 16.7 Å². The number of carbonyl (C=O) groups excluding carboxylic acids is 1. The lowest BCUT2D eigenvalue weighted by Gasteiger charge is -2.05. The van der Waals surface area contributed by atoms with Gasteiger partial charge in [0, 0.05) is 17.3 Å². The maximum Gasteiger partial charge on any atom is 0.313 e. The third-order valence-electron chi connectivity index (χ3n) is 1.93. The van der Waals surface area contributed by atoms with Gasteiger partial charge in [-0.2, -0.15) is 0 Å². The van der Waals surface area contributed by atoms with Crippen LogP contribution in [0.1, 0.15) is 10.4 Å². The standard InChI is InChI=1S/C11H11ClFNO3S/c12-7-1-2-9(13)8(5-7)11(17)14-3-4-18-6-10(15)16/h1-2,5H,3-4,6H2,(H,14,17)(H,15,16). The van der Waals surface area contributed by atoms with E-state index in [0.29, 0.717) is 5.75 Å². The van der Waals surface area contributed by atoms with Crippen LogP contribution in [0.25, 0.3) is 0 Å². The zero-order chi connectivity index (χ0) is 13.5. The number of hydrogen-bond donors (Lipinski definition) is 2. The van der Waals surface area contributed by atoms with Crippen LogP contribution in [-0.4, -0.2) is 35.0 Å². The third-order valence-corrected chi connectivity index (χ3v) is 3.11. The quantitative estimate of drug-likeness (QED) is 0.787. The highest BCUT2D eigenvalue weighted by Crippen LogP contribution is 2.14. The second-order valence-corrected chi connectivity index (χ2v) is 4.87. The van der Waals surface area contributed by atoms with Crippen LogP contribution in [0, 0.1) is 5.82 Å². The van der Waals surface area contributed by atoms with Crippen LogP contribution in [-0.2, 0) is 4.79 Å². The molecular weight excluding hydrogens is 281 g/mol. The first-order chi connectivity index (χ1) is 8.50. The summed E-state index contributed by atoms with van der Waals surface area (Å²) in [6, 6.07) is 3.73. The molecule has 0 aliphatic rings. The lowest BCUT2D eigenvalue weighted by atomic mass is 10.2. The number of hydrogen-bond acceptors (Lipinski definition) is 3. The van der Waals surface area contributed by atoms with Crippen molar-refractivity contribution in [2.45, 2.75) is 0 Å². The number of benzene rings is 1. The molecule has 0 aromatic heterocycles. The van der Waals surface area contributed by atoms with E-state index in [0.717, 1.165) is 6.07 Å². The van der Waals surface area contributed by atoms with Crippen molar-refractivity contribution in [2.75, 3.05) is 18.1 Å². The molecule has 1 amide bonds. The van der Waals surface area contributed by atoms with Crippen LogP contribution >= 0.6 is 23.4 Å². The van der Waals surface area contributed by atoms with Crippen LogP contribution in [0.15, 0.2) is 18.2 Å². The third kappa shape index (κ3) is 4.93.